The van der Waals surface area contributed by atoms with Gasteiger partial charge < -0.3 is 15.2 Å². The van der Waals surface area contributed by atoms with Crippen LogP contribution in [0.2, 0.25) is 5.02 Å². The van der Waals surface area contributed by atoms with Crippen LogP contribution in [0.3, 0.4) is 0 Å². The van der Waals surface area contributed by atoms with Crippen LogP contribution in [0.5, 0.6) is 0 Å². The minimum Gasteiger partial charge on any atom is -0.361 e. The van der Waals surface area contributed by atoms with Crippen molar-refractivity contribution in [3.63, 3.8) is 0 Å². The predicted molar refractivity (Wildman–Crippen MR) is 226 cm³/mol. The quantitative estimate of drug-likeness (QED) is 0.0899. The van der Waals surface area contributed by atoms with E-state index in [1.165, 1.54) is 73.4 Å². The molecule has 2 saturated carbocycles. The second-order valence-corrected chi connectivity index (χ2v) is 16.4. The molecule has 1 aromatic heterocycles. The van der Waals surface area contributed by atoms with Crippen LogP contribution < -0.4 is 5.32 Å². The summed E-state index contributed by atoms with van der Waals surface area (Å²) in [7, 11) is 0. The number of rotatable bonds is 13. The number of halogens is 7. The fourth-order valence-corrected chi connectivity index (χ4v) is 8.00. The van der Waals surface area contributed by atoms with Crippen LogP contribution in [0, 0.1) is 0 Å². The van der Waals surface area contributed by atoms with Crippen molar-refractivity contribution in [3.05, 3.63) is 177 Å². The number of H-pyrrole nitrogens is 1. The summed E-state index contributed by atoms with van der Waals surface area (Å²) in [4.78, 5) is 18.6. The number of aromatic nitrogens is 1. The van der Waals surface area contributed by atoms with Crippen molar-refractivity contribution in [2.75, 3.05) is 13.1 Å². The van der Waals surface area contributed by atoms with Gasteiger partial charge in [-0.05, 0) is 121 Å². The summed E-state index contributed by atoms with van der Waals surface area (Å²) in [6.07, 6.45) is 1.57. The highest BCUT2D eigenvalue weighted by atomic mass is 35.5. The molecular formula is C49H48ClF6N3O. The maximum atomic E-state index is 13.8. The molecular weight excluding hydrogens is 796 g/mol. The molecule has 2 fully saturated rings. The maximum absolute atomic E-state index is 13.8. The second-order valence-electron chi connectivity index (χ2n) is 15.9. The van der Waals surface area contributed by atoms with Crippen molar-refractivity contribution in [1.82, 2.24) is 15.2 Å². The Morgan fingerprint density at radius 2 is 1.22 bits per heavy atom. The van der Waals surface area contributed by atoms with Crippen molar-refractivity contribution in [2.24, 2.45) is 0 Å². The van der Waals surface area contributed by atoms with E-state index in [2.05, 4.69) is 46.7 Å². The SMILES string of the molecule is FC(F)(F)c1cccc(CCNCc2ccc(C3CCC3)cc2)c1.O=C(c1cc(Cl)cc2cc[nH]c12)N(CCc1cccc(C(F)(F)F)c1)Cc1ccc(C2CCC2)cc1. The Hall–Kier alpha value is -5.06. The van der Waals surface area contributed by atoms with Crippen LogP contribution >= 0.6 is 11.6 Å². The average Bonchev–Trinajstić information content (AvgIpc) is 3.66. The number of amides is 1. The van der Waals surface area contributed by atoms with Crippen molar-refractivity contribution in [2.45, 2.75) is 88.6 Å². The lowest BCUT2D eigenvalue weighted by Gasteiger charge is -2.27. The van der Waals surface area contributed by atoms with E-state index in [0.717, 1.165) is 41.6 Å². The standard InChI is InChI=1S/C29H26ClF3N2O.C20H22F3N/c30-25-16-23-11-13-34-27(23)26(17-25)28(36)35(14-12-19-3-1-6-24(15-19)29(31,32)33)18-20-7-9-22(10-8-20)21-4-2-5-21;21-20(22,23)19-6-1-3-15(13-19)11-12-24-14-16-7-9-18(10-8-16)17-4-2-5-17/h1,3,6-11,13,15-17,21,34H,2,4-5,12,14,18H2;1,3,6-10,13,17,24H,2,4-5,11-12,14H2. The van der Waals surface area contributed by atoms with E-state index in [0.29, 0.717) is 59.1 Å². The number of carbonyl (C=O) groups excluding carboxylic acids is 1. The Morgan fingerprint density at radius 3 is 1.75 bits per heavy atom. The predicted octanol–water partition coefficient (Wildman–Crippen LogP) is 13.3. The van der Waals surface area contributed by atoms with Crippen molar-refractivity contribution >= 4 is 28.4 Å². The molecule has 0 aliphatic heterocycles. The molecule has 0 spiro atoms. The fourth-order valence-electron chi connectivity index (χ4n) is 7.77. The minimum absolute atomic E-state index is 0.222. The van der Waals surface area contributed by atoms with Gasteiger partial charge in [0.1, 0.15) is 0 Å². The third-order valence-corrected chi connectivity index (χ3v) is 11.9. The normalized spacial score (nSPS) is 14.6. The van der Waals surface area contributed by atoms with E-state index in [1.54, 1.807) is 35.4 Å². The van der Waals surface area contributed by atoms with Gasteiger partial charge in [0.05, 0.1) is 22.2 Å². The summed E-state index contributed by atoms with van der Waals surface area (Å²) in [6.45, 7) is 2.01. The molecule has 60 heavy (non-hydrogen) atoms. The van der Waals surface area contributed by atoms with Crippen molar-refractivity contribution in [1.29, 1.82) is 0 Å². The highest BCUT2D eigenvalue weighted by Gasteiger charge is 2.31. The first-order valence-corrected chi connectivity index (χ1v) is 20.9. The fraction of sp³-hybridized carbons (Fsp3) is 0.327. The first-order chi connectivity index (χ1) is 28.8. The average molecular weight is 844 g/mol. The van der Waals surface area contributed by atoms with E-state index >= 15 is 0 Å². The summed E-state index contributed by atoms with van der Waals surface area (Å²) in [5.41, 5.74) is 6.02. The van der Waals surface area contributed by atoms with Gasteiger partial charge in [-0.15, -0.1) is 0 Å². The van der Waals surface area contributed by atoms with Gasteiger partial charge in [-0.25, -0.2) is 0 Å². The number of carbonyl (C=O) groups is 1. The summed E-state index contributed by atoms with van der Waals surface area (Å²) in [5.74, 6) is 1.14. The molecule has 0 unspecified atom stereocenters. The van der Waals surface area contributed by atoms with Gasteiger partial charge in [0.15, 0.2) is 0 Å². The molecule has 0 saturated heterocycles. The lowest BCUT2D eigenvalue weighted by atomic mass is 9.80. The van der Waals surface area contributed by atoms with Gasteiger partial charge >= 0.3 is 12.4 Å². The first-order valence-electron chi connectivity index (χ1n) is 20.6. The number of nitrogens with one attached hydrogen (secondary N) is 2. The lowest BCUT2D eigenvalue weighted by Crippen LogP contribution is -2.32. The van der Waals surface area contributed by atoms with Gasteiger partial charge in [0.25, 0.3) is 5.91 Å². The van der Waals surface area contributed by atoms with Gasteiger partial charge in [-0.2, -0.15) is 26.3 Å². The monoisotopic (exact) mass is 843 g/mol. The van der Waals surface area contributed by atoms with Crippen LogP contribution in [0.25, 0.3) is 10.9 Å². The number of aromatic amines is 1. The molecule has 2 N–H and O–H groups in total. The van der Waals surface area contributed by atoms with E-state index in [4.69, 9.17) is 11.6 Å². The summed E-state index contributed by atoms with van der Waals surface area (Å²) >= 11 is 6.30. The zero-order chi connectivity index (χ0) is 42.3. The lowest BCUT2D eigenvalue weighted by molar-refractivity contribution is -0.138. The molecule has 0 radical (unpaired) electrons. The molecule has 1 heterocycles. The third-order valence-electron chi connectivity index (χ3n) is 11.7. The van der Waals surface area contributed by atoms with Gasteiger partial charge in [0, 0.05) is 36.2 Å². The molecule has 0 bridgehead atoms. The zero-order valence-corrected chi connectivity index (χ0v) is 33.9. The number of alkyl halides is 6. The van der Waals surface area contributed by atoms with Crippen molar-refractivity contribution in [3.8, 4) is 0 Å². The topological polar surface area (TPSA) is 48.1 Å². The van der Waals surface area contributed by atoms with Gasteiger partial charge in [0.2, 0.25) is 0 Å². The van der Waals surface area contributed by atoms with Crippen LogP contribution in [0.15, 0.2) is 121 Å². The van der Waals surface area contributed by atoms with Crippen molar-refractivity contribution < 1.29 is 31.1 Å². The summed E-state index contributed by atoms with van der Waals surface area (Å²) < 4.78 is 77.6. The highest BCUT2D eigenvalue weighted by molar-refractivity contribution is 6.32. The Morgan fingerprint density at radius 1 is 0.667 bits per heavy atom. The number of hydrogen-bond donors (Lipinski definition) is 2. The molecule has 0 atom stereocenters. The van der Waals surface area contributed by atoms with E-state index < -0.39 is 23.5 Å². The molecule has 5 aromatic carbocycles. The molecule has 314 valence electrons. The van der Waals surface area contributed by atoms with E-state index in [9.17, 15) is 31.1 Å². The summed E-state index contributed by atoms with van der Waals surface area (Å²) in [5, 5.41) is 4.58. The summed E-state index contributed by atoms with van der Waals surface area (Å²) in [6, 6.07) is 33.1. The first kappa shape index (κ1) is 43.0. The Labute approximate surface area is 352 Å². The Kier molecular flexibility index (Phi) is 13.7. The van der Waals surface area contributed by atoms with Crippen LogP contribution in [0.4, 0.5) is 26.3 Å². The number of benzene rings is 5. The molecule has 4 nitrogen and oxygen atoms in total. The zero-order valence-electron chi connectivity index (χ0n) is 33.2. The van der Waals surface area contributed by atoms with Crippen LogP contribution in [-0.2, 0) is 38.3 Å². The molecule has 11 heteroatoms. The Balaban J connectivity index is 0.000000197. The van der Waals surface area contributed by atoms with Crippen LogP contribution in [-0.4, -0.2) is 28.9 Å². The minimum atomic E-state index is -4.41. The maximum Gasteiger partial charge on any atom is 0.416 e. The number of hydrogen-bond acceptors (Lipinski definition) is 2. The smallest absolute Gasteiger partial charge is 0.361 e. The molecule has 8 rings (SSSR count). The van der Waals surface area contributed by atoms with E-state index in [-0.39, 0.29) is 12.5 Å². The molecule has 2 aliphatic rings. The van der Waals surface area contributed by atoms with Gasteiger partial charge in [-0.1, -0.05) is 109 Å². The van der Waals surface area contributed by atoms with E-state index in [1.807, 2.05) is 18.2 Å². The third kappa shape index (κ3) is 11.2. The molecule has 2 aliphatic carbocycles. The largest absolute Gasteiger partial charge is 0.416 e. The number of fused-ring (bicyclic) bond motifs is 1. The second kappa shape index (κ2) is 19.1. The molecule has 1 amide bonds. The number of nitrogens with zero attached hydrogens (tertiary/aromatic N) is 1. The van der Waals surface area contributed by atoms with Crippen LogP contribution in [0.1, 0.15) is 105 Å². The molecule has 6 aromatic rings. The highest BCUT2D eigenvalue weighted by Crippen LogP contribution is 2.37. The van der Waals surface area contributed by atoms with Gasteiger partial charge in [-0.3, -0.25) is 4.79 Å². The Bertz CT molecular complexity index is 2350.